The quantitative estimate of drug-likeness (QED) is 0.537. The third-order valence-corrected chi connectivity index (χ3v) is 13.4. The highest BCUT2D eigenvalue weighted by Crippen LogP contribution is 2.89. The van der Waals surface area contributed by atoms with Gasteiger partial charge >= 0.3 is 0 Å². The number of rotatable bonds is 2. The van der Waals surface area contributed by atoms with E-state index in [1.165, 1.54) is 38.5 Å². The largest absolute Gasteiger partial charge is 0.393 e. The molecule has 0 amide bonds. The van der Waals surface area contributed by atoms with Gasteiger partial charge in [-0.05, 0) is 110 Å². The van der Waals surface area contributed by atoms with Gasteiger partial charge in [-0.1, -0.05) is 40.7 Å². The van der Waals surface area contributed by atoms with Crippen molar-refractivity contribution < 1.29 is 19.7 Å². The molecular weight excluding hydrogens is 424 g/mol. The minimum Gasteiger partial charge on any atom is -0.393 e. The molecule has 0 aromatic rings. The molecule has 2 spiro atoms. The van der Waals surface area contributed by atoms with Gasteiger partial charge in [0.25, 0.3) is 0 Å². The first-order valence-corrected chi connectivity index (χ1v) is 14.1. The SMILES string of the molecule is CC(=O)C=C[C@H]1C[C@@H](C)C2C(O1)[C@H](O)[C@@]1(C)[C@@H]3CC[C@H]4C(C)(C)[C@@H](O)CC[C@@]45C[C@@]35CC[C@]21C. The number of fused-ring (bicyclic) bond motifs is 4. The van der Waals surface area contributed by atoms with E-state index in [1.807, 2.05) is 6.08 Å². The van der Waals surface area contributed by atoms with E-state index in [0.29, 0.717) is 34.5 Å². The number of hydrogen-bond acceptors (Lipinski definition) is 4. The molecule has 6 rings (SSSR count). The third-order valence-electron chi connectivity index (χ3n) is 13.4. The molecule has 1 heterocycles. The van der Waals surface area contributed by atoms with Crippen LogP contribution in [0.2, 0.25) is 0 Å². The molecule has 5 saturated carbocycles. The first-order chi connectivity index (χ1) is 15.8. The normalized spacial score (nSPS) is 59.4. The molecule has 0 aromatic carbocycles. The maximum Gasteiger partial charge on any atom is 0.152 e. The van der Waals surface area contributed by atoms with Gasteiger partial charge in [0, 0.05) is 5.41 Å². The first kappa shape index (κ1) is 23.7. The van der Waals surface area contributed by atoms with E-state index in [-0.39, 0.29) is 40.3 Å². The van der Waals surface area contributed by atoms with Crippen molar-refractivity contribution in [1.82, 2.24) is 0 Å². The number of ketones is 1. The smallest absolute Gasteiger partial charge is 0.152 e. The molecule has 1 saturated heterocycles. The minimum absolute atomic E-state index is 0.00938. The molecule has 0 aromatic heterocycles. The number of carbonyl (C=O) groups is 1. The summed E-state index contributed by atoms with van der Waals surface area (Å²) in [5, 5.41) is 23.0. The summed E-state index contributed by atoms with van der Waals surface area (Å²) in [5.41, 5.74) is 0.623. The molecule has 2 N–H and O–H groups in total. The minimum atomic E-state index is -0.461. The van der Waals surface area contributed by atoms with Crippen molar-refractivity contribution >= 4 is 5.78 Å². The highest BCUT2D eigenvalue weighted by Gasteiger charge is 2.84. The summed E-state index contributed by atoms with van der Waals surface area (Å²) < 4.78 is 6.62. The number of ether oxygens (including phenoxy) is 1. The maximum atomic E-state index is 12.1. The van der Waals surface area contributed by atoms with Crippen LogP contribution in [0.4, 0.5) is 0 Å². The van der Waals surface area contributed by atoms with E-state index in [2.05, 4.69) is 34.6 Å². The van der Waals surface area contributed by atoms with Crippen molar-refractivity contribution in [2.45, 2.75) is 117 Å². The summed E-state index contributed by atoms with van der Waals surface area (Å²) in [7, 11) is 0. The van der Waals surface area contributed by atoms with Crippen LogP contribution in [0.1, 0.15) is 92.9 Å². The van der Waals surface area contributed by atoms with Gasteiger partial charge in [-0.25, -0.2) is 0 Å². The van der Waals surface area contributed by atoms with E-state index in [9.17, 15) is 15.0 Å². The van der Waals surface area contributed by atoms with Gasteiger partial charge in [-0.3, -0.25) is 4.79 Å². The highest BCUT2D eigenvalue weighted by molar-refractivity contribution is 5.87. The molecular formula is C30H46O4. The first-order valence-electron chi connectivity index (χ1n) is 14.1. The van der Waals surface area contributed by atoms with E-state index in [0.717, 1.165) is 12.8 Å². The Bertz CT molecular complexity index is 925. The van der Waals surface area contributed by atoms with Crippen molar-refractivity contribution in [2.24, 2.45) is 50.7 Å². The molecule has 1 aliphatic heterocycles. The topological polar surface area (TPSA) is 66.8 Å². The van der Waals surface area contributed by atoms with Crippen LogP contribution >= 0.6 is 0 Å². The molecule has 5 aliphatic carbocycles. The van der Waals surface area contributed by atoms with Crippen LogP contribution in [-0.4, -0.2) is 40.4 Å². The fraction of sp³-hybridized carbons (Fsp3) is 0.900. The zero-order valence-electron chi connectivity index (χ0n) is 22.1. The maximum absolute atomic E-state index is 12.1. The third kappa shape index (κ3) is 2.54. The Morgan fingerprint density at radius 3 is 2.35 bits per heavy atom. The Morgan fingerprint density at radius 2 is 1.65 bits per heavy atom. The zero-order chi connectivity index (χ0) is 24.5. The van der Waals surface area contributed by atoms with Gasteiger partial charge in [0.2, 0.25) is 0 Å². The van der Waals surface area contributed by atoms with Gasteiger partial charge in [0.05, 0.1) is 24.4 Å². The summed E-state index contributed by atoms with van der Waals surface area (Å²) in [4.78, 5) is 11.5. The van der Waals surface area contributed by atoms with Gasteiger partial charge in [0.1, 0.15) is 0 Å². The van der Waals surface area contributed by atoms with Crippen LogP contribution < -0.4 is 0 Å². The molecule has 190 valence electrons. The number of aliphatic hydroxyl groups excluding tert-OH is 2. The van der Waals surface area contributed by atoms with Crippen molar-refractivity contribution in [3.8, 4) is 0 Å². The highest BCUT2D eigenvalue weighted by atomic mass is 16.5. The summed E-state index contributed by atoms with van der Waals surface area (Å²) in [6.45, 7) is 13.5. The fourth-order valence-electron chi connectivity index (χ4n) is 11.7. The Balaban J connectivity index is 1.36. The van der Waals surface area contributed by atoms with Crippen LogP contribution in [0.3, 0.4) is 0 Å². The van der Waals surface area contributed by atoms with Crippen molar-refractivity contribution in [3.63, 3.8) is 0 Å². The van der Waals surface area contributed by atoms with Crippen LogP contribution in [0.15, 0.2) is 12.2 Å². The molecule has 6 fully saturated rings. The van der Waals surface area contributed by atoms with Crippen LogP contribution in [-0.2, 0) is 9.53 Å². The predicted molar refractivity (Wildman–Crippen MR) is 132 cm³/mol. The molecule has 4 heteroatoms. The van der Waals surface area contributed by atoms with E-state index >= 15 is 0 Å². The molecule has 4 nitrogen and oxygen atoms in total. The Morgan fingerprint density at radius 1 is 0.971 bits per heavy atom. The molecule has 0 bridgehead atoms. The molecule has 2 unspecified atom stereocenters. The van der Waals surface area contributed by atoms with Gasteiger partial charge in [-0.15, -0.1) is 0 Å². The lowest BCUT2D eigenvalue weighted by molar-refractivity contribution is -0.182. The molecule has 0 radical (unpaired) electrons. The Kier molecular flexibility index (Phi) is 4.86. The summed E-state index contributed by atoms with van der Waals surface area (Å²) >= 11 is 0. The second-order valence-electron chi connectivity index (χ2n) is 14.5. The lowest BCUT2D eigenvalue weighted by Gasteiger charge is -2.63. The standard InChI is InChI=1S/C30H46O4/c1-17-15-19(8-7-18(2)31)34-24-23(17)27(5)13-14-30-16-29(30)12-11-22(32)26(3,4)20(29)9-10-21(30)28(27,6)25(24)33/h7-8,17,19-25,32-33H,9-16H2,1-6H3/t17-,19+,20+,21+,22+,23?,24?,25+,27-,28-,29-,30+/m1/s1. The fourth-order valence-corrected chi connectivity index (χ4v) is 11.7. The number of aliphatic hydroxyl groups is 2. The molecule has 34 heavy (non-hydrogen) atoms. The lowest BCUT2D eigenvalue weighted by Crippen LogP contribution is -2.59. The second-order valence-corrected chi connectivity index (χ2v) is 14.5. The molecule has 6 aliphatic rings. The predicted octanol–water partition coefficient (Wildman–Crippen LogP) is 5.31. The number of allylic oxidation sites excluding steroid dienone is 1. The van der Waals surface area contributed by atoms with E-state index in [4.69, 9.17) is 4.74 Å². The lowest BCUT2D eigenvalue weighted by atomic mass is 9.41. The number of hydrogen-bond donors (Lipinski definition) is 2. The Hall–Kier alpha value is -0.710. The number of carbonyl (C=O) groups excluding carboxylic acids is 1. The van der Waals surface area contributed by atoms with Gasteiger partial charge in [-0.2, -0.15) is 0 Å². The summed E-state index contributed by atoms with van der Waals surface area (Å²) in [5.74, 6) is 2.01. The Labute approximate surface area is 205 Å². The van der Waals surface area contributed by atoms with Crippen LogP contribution in [0.25, 0.3) is 0 Å². The van der Waals surface area contributed by atoms with Crippen LogP contribution in [0, 0.1) is 50.7 Å². The van der Waals surface area contributed by atoms with Crippen molar-refractivity contribution in [1.29, 1.82) is 0 Å². The van der Waals surface area contributed by atoms with E-state index < -0.39 is 6.10 Å². The van der Waals surface area contributed by atoms with E-state index in [1.54, 1.807) is 13.0 Å². The van der Waals surface area contributed by atoms with Crippen LogP contribution in [0.5, 0.6) is 0 Å². The van der Waals surface area contributed by atoms with Crippen molar-refractivity contribution in [2.75, 3.05) is 0 Å². The molecule has 12 atom stereocenters. The van der Waals surface area contributed by atoms with Gasteiger partial charge in [0.15, 0.2) is 5.78 Å². The van der Waals surface area contributed by atoms with Gasteiger partial charge < -0.3 is 14.9 Å². The average Bonchev–Trinajstić information content (AvgIpc) is 3.40. The average molecular weight is 471 g/mol. The monoisotopic (exact) mass is 470 g/mol. The second kappa shape index (κ2) is 6.98. The zero-order valence-corrected chi connectivity index (χ0v) is 22.1. The summed E-state index contributed by atoms with van der Waals surface area (Å²) in [6.07, 6.45) is 11.8. The van der Waals surface area contributed by atoms with Crippen molar-refractivity contribution in [3.05, 3.63) is 12.2 Å². The summed E-state index contributed by atoms with van der Waals surface area (Å²) in [6, 6.07) is 0.